The molecule has 0 aliphatic carbocycles. The number of hydrogen-bond acceptors (Lipinski definition) is 5. The van der Waals surface area contributed by atoms with Gasteiger partial charge in [-0.3, -0.25) is 9.59 Å². The summed E-state index contributed by atoms with van der Waals surface area (Å²) in [6.07, 6.45) is 1.91. The molecular weight excluding hydrogens is 274 g/mol. The second-order valence-electron chi connectivity index (χ2n) is 4.87. The van der Waals surface area contributed by atoms with Crippen molar-refractivity contribution in [2.45, 2.75) is 36.4 Å². The molecule has 0 unspecified atom stereocenters. The van der Waals surface area contributed by atoms with E-state index in [1.807, 2.05) is 0 Å². The van der Waals surface area contributed by atoms with Crippen LogP contribution in [-0.4, -0.2) is 52.2 Å². The Balaban J connectivity index is 2.58. The summed E-state index contributed by atoms with van der Waals surface area (Å²) >= 11 is 0. The molecule has 2 saturated heterocycles. The van der Waals surface area contributed by atoms with E-state index in [0.29, 0.717) is 0 Å². The Morgan fingerprint density at radius 3 is 2.47 bits per heavy atom. The third-order valence-electron chi connectivity index (χ3n) is 3.62. The minimum Gasteiger partial charge on any atom is -0.480 e. The van der Waals surface area contributed by atoms with Crippen LogP contribution in [0.1, 0.15) is 20.3 Å². The number of fused-ring (bicyclic) bond motifs is 1. The summed E-state index contributed by atoms with van der Waals surface area (Å²) in [4.78, 5) is 34.6. The quantitative estimate of drug-likeness (QED) is 0.544. The number of aliphatic carboxylic acids is 1. The Hall–Kier alpha value is -1.70. The van der Waals surface area contributed by atoms with Gasteiger partial charge in [0.1, 0.15) is 10.1 Å². The fourth-order valence-corrected chi connectivity index (χ4v) is 4.80. The molecule has 0 aromatic rings. The number of nitrogens with zero attached hydrogens (tertiary/aromatic N) is 1. The van der Waals surface area contributed by atoms with E-state index in [-0.39, 0.29) is 12.2 Å². The van der Waals surface area contributed by atoms with E-state index in [1.165, 1.54) is 13.8 Å². The second kappa shape index (κ2) is 3.89. The van der Waals surface area contributed by atoms with E-state index in [9.17, 15) is 27.9 Å². The first-order chi connectivity index (χ1) is 8.63. The molecule has 2 aliphatic heterocycles. The molecule has 3 atom stereocenters. The number of β-lactam (4-membered cyclic amide) rings is 1. The number of carboxylic acids is 1. The number of carbonyl (C=O) groups is 3. The highest BCUT2D eigenvalue weighted by Crippen LogP contribution is 2.46. The zero-order valence-corrected chi connectivity index (χ0v) is 11.2. The number of rotatable bonds is 3. The molecule has 104 valence electrons. The van der Waals surface area contributed by atoms with Crippen molar-refractivity contribution in [2.75, 3.05) is 0 Å². The summed E-state index contributed by atoms with van der Waals surface area (Å²) in [5.41, 5.74) is 0. The summed E-state index contributed by atoms with van der Waals surface area (Å²) in [5.74, 6) is -2.28. The molecule has 2 rings (SSSR count). The first-order valence-corrected chi connectivity index (χ1v) is 7.15. The maximum atomic E-state index is 12.3. The number of ketones is 1. The van der Waals surface area contributed by atoms with Crippen molar-refractivity contribution in [3.8, 4) is 0 Å². The van der Waals surface area contributed by atoms with Gasteiger partial charge in [-0.05, 0) is 19.9 Å². The van der Waals surface area contributed by atoms with E-state index >= 15 is 0 Å². The summed E-state index contributed by atoms with van der Waals surface area (Å²) in [6, 6.07) is -1.49. The van der Waals surface area contributed by atoms with Crippen molar-refractivity contribution in [2.24, 2.45) is 0 Å². The zero-order chi connectivity index (χ0) is 14.6. The highest BCUT2D eigenvalue weighted by molar-refractivity contribution is 7.94. The molecule has 1 amide bonds. The molecule has 0 radical (unpaired) electrons. The van der Waals surface area contributed by atoms with Crippen LogP contribution >= 0.6 is 0 Å². The van der Waals surface area contributed by atoms with Crippen LogP contribution in [-0.2, 0) is 24.2 Å². The van der Waals surface area contributed by atoms with E-state index < -0.39 is 37.9 Å². The van der Waals surface area contributed by atoms with Crippen molar-refractivity contribution in [1.29, 1.82) is 0 Å². The van der Waals surface area contributed by atoms with Crippen LogP contribution in [0.4, 0.5) is 0 Å². The molecule has 0 saturated carbocycles. The number of carbonyl (C=O) groups excluding carboxylic acids is 2. The van der Waals surface area contributed by atoms with Gasteiger partial charge in [-0.25, -0.2) is 13.2 Å². The number of amides is 1. The second-order valence-corrected chi connectivity index (χ2v) is 7.39. The van der Waals surface area contributed by atoms with Gasteiger partial charge in [-0.15, -0.1) is 0 Å². The lowest BCUT2D eigenvalue weighted by molar-refractivity contribution is -0.157. The third-order valence-corrected chi connectivity index (χ3v) is 6.32. The van der Waals surface area contributed by atoms with Gasteiger partial charge in [0.25, 0.3) is 0 Å². The van der Waals surface area contributed by atoms with Crippen LogP contribution in [0, 0.1) is 0 Å². The Morgan fingerprint density at radius 1 is 1.47 bits per heavy atom. The van der Waals surface area contributed by atoms with Gasteiger partial charge in [-0.2, -0.15) is 0 Å². The van der Waals surface area contributed by atoms with Gasteiger partial charge >= 0.3 is 5.97 Å². The summed E-state index contributed by atoms with van der Waals surface area (Å²) in [7, 11) is -3.87. The molecule has 0 aromatic carbocycles. The zero-order valence-electron chi connectivity index (χ0n) is 10.4. The average Bonchev–Trinajstić information content (AvgIpc) is 2.41. The van der Waals surface area contributed by atoms with Gasteiger partial charge < -0.3 is 10.0 Å². The van der Waals surface area contributed by atoms with E-state index in [0.717, 1.165) is 17.1 Å². The average molecular weight is 287 g/mol. The largest absolute Gasteiger partial charge is 0.480 e. The summed E-state index contributed by atoms with van der Waals surface area (Å²) in [6.45, 7) is 2.46. The Morgan fingerprint density at radius 2 is 2.05 bits per heavy atom. The van der Waals surface area contributed by atoms with Gasteiger partial charge in [0.2, 0.25) is 5.91 Å². The summed E-state index contributed by atoms with van der Waals surface area (Å²) < 4.78 is 22.9. The lowest BCUT2D eigenvalue weighted by atomic mass is 9.96. The third kappa shape index (κ3) is 1.62. The topological polar surface area (TPSA) is 109 Å². The smallest absolute Gasteiger partial charge is 0.328 e. The number of hydrogen-bond donors (Lipinski definition) is 1. The van der Waals surface area contributed by atoms with Gasteiger partial charge in [0.15, 0.2) is 21.7 Å². The minimum atomic E-state index is -3.87. The number of carboxylic acid groups (broad SMARTS) is 1. The van der Waals surface area contributed by atoms with Crippen LogP contribution in [0.3, 0.4) is 0 Å². The lowest BCUT2D eigenvalue weighted by Crippen LogP contribution is -2.57. The SMILES string of the molecule is CC(=O)/C=C\[C@@]1(C)[C@H](C(=O)O)N2C(=O)C[C@H]2S1(=O)=O. The molecule has 8 heteroatoms. The fraction of sp³-hybridized carbons (Fsp3) is 0.545. The molecule has 2 fully saturated rings. The van der Waals surface area contributed by atoms with Crippen molar-refractivity contribution >= 4 is 27.5 Å². The molecule has 0 bridgehead atoms. The van der Waals surface area contributed by atoms with Crippen molar-refractivity contribution < 1.29 is 27.9 Å². The van der Waals surface area contributed by atoms with Crippen LogP contribution in [0.2, 0.25) is 0 Å². The van der Waals surface area contributed by atoms with Gasteiger partial charge in [0, 0.05) is 0 Å². The molecule has 0 aromatic heterocycles. The van der Waals surface area contributed by atoms with E-state index in [1.54, 1.807) is 0 Å². The van der Waals surface area contributed by atoms with Crippen molar-refractivity contribution in [3.63, 3.8) is 0 Å². The van der Waals surface area contributed by atoms with E-state index in [2.05, 4.69) is 0 Å². The monoisotopic (exact) mass is 287 g/mol. The van der Waals surface area contributed by atoms with Crippen LogP contribution < -0.4 is 0 Å². The lowest BCUT2D eigenvalue weighted by Gasteiger charge is -2.35. The van der Waals surface area contributed by atoms with Crippen molar-refractivity contribution in [3.05, 3.63) is 12.2 Å². The predicted molar refractivity (Wildman–Crippen MR) is 63.8 cm³/mol. The number of sulfone groups is 1. The molecular formula is C11H13NO6S. The van der Waals surface area contributed by atoms with Gasteiger partial charge in [0.05, 0.1) is 6.42 Å². The van der Waals surface area contributed by atoms with E-state index in [4.69, 9.17) is 0 Å². The number of allylic oxidation sites excluding steroid dienone is 1. The first-order valence-electron chi connectivity index (χ1n) is 5.60. The van der Waals surface area contributed by atoms with Crippen LogP contribution in [0.25, 0.3) is 0 Å². The highest BCUT2D eigenvalue weighted by Gasteiger charge is 2.68. The maximum Gasteiger partial charge on any atom is 0.328 e. The van der Waals surface area contributed by atoms with Crippen LogP contribution in [0.5, 0.6) is 0 Å². The van der Waals surface area contributed by atoms with Gasteiger partial charge in [-0.1, -0.05) is 6.08 Å². The predicted octanol–water partition coefficient (Wildman–Crippen LogP) is -0.670. The molecule has 1 N–H and O–H groups in total. The summed E-state index contributed by atoms with van der Waals surface area (Å²) in [5, 5.41) is 8.11. The highest BCUT2D eigenvalue weighted by atomic mass is 32.2. The molecule has 2 aliphatic rings. The fourth-order valence-electron chi connectivity index (χ4n) is 2.53. The Kier molecular flexibility index (Phi) is 2.81. The Labute approximate surface area is 109 Å². The maximum absolute atomic E-state index is 12.3. The minimum absolute atomic E-state index is 0.199. The first kappa shape index (κ1) is 13.7. The Bertz CT molecular complexity index is 607. The van der Waals surface area contributed by atoms with Crippen LogP contribution in [0.15, 0.2) is 12.2 Å². The normalized spacial score (nSPS) is 36.1. The standard InChI is InChI=1S/C11H13NO6S/c1-6(13)3-4-11(2)9(10(15)16)12-7(14)5-8(12)19(11,17)18/h3-4,8-9H,5H2,1-2H3,(H,15,16)/b4-3-/t8-,9+,11+/m1/s1. The molecule has 7 nitrogen and oxygen atoms in total. The molecule has 2 heterocycles. The molecule has 0 spiro atoms. The van der Waals surface area contributed by atoms with Crippen molar-refractivity contribution in [1.82, 2.24) is 4.90 Å². The molecule has 19 heavy (non-hydrogen) atoms.